The van der Waals surface area contributed by atoms with Crippen LogP contribution in [0.2, 0.25) is 5.02 Å². The van der Waals surface area contributed by atoms with E-state index < -0.39 is 5.54 Å². The molecule has 0 unspecified atom stereocenters. The highest BCUT2D eigenvalue weighted by Crippen LogP contribution is 2.32. The summed E-state index contributed by atoms with van der Waals surface area (Å²) < 4.78 is 5.12. The van der Waals surface area contributed by atoms with Crippen LogP contribution < -0.4 is 15.4 Å². The zero-order chi connectivity index (χ0) is 14.8. The molecule has 1 aliphatic carbocycles. The minimum absolute atomic E-state index is 0.0431. The van der Waals surface area contributed by atoms with Crippen LogP contribution >= 0.6 is 11.6 Å². The van der Waals surface area contributed by atoms with E-state index in [4.69, 9.17) is 22.1 Å². The summed E-state index contributed by atoms with van der Waals surface area (Å²) in [5, 5.41) is 0.486. The molecule has 110 valence electrons. The van der Waals surface area contributed by atoms with Crippen LogP contribution in [0.4, 0.5) is 5.69 Å². The molecule has 0 aromatic heterocycles. The lowest BCUT2D eigenvalue weighted by atomic mass is 9.81. The largest absolute Gasteiger partial charge is 0.495 e. The lowest BCUT2D eigenvalue weighted by molar-refractivity contribution is -0.124. The number of methoxy groups -OCH3 is 1. The van der Waals surface area contributed by atoms with Gasteiger partial charge in [0.1, 0.15) is 5.75 Å². The summed E-state index contributed by atoms with van der Waals surface area (Å²) in [6.45, 7) is 0. The first-order valence-corrected chi connectivity index (χ1v) is 7.26. The molecular weight excluding hydrogens is 276 g/mol. The zero-order valence-corrected chi connectivity index (χ0v) is 12.7. The van der Waals surface area contributed by atoms with Crippen LogP contribution in [0.15, 0.2) is 18.2 Å². The smallest absolute Gasteiger partial charge is 0.246 e. The predicted octanol–water partition coefficient (Wildman–Crippen LogP) is 2.97. The Bertz CT molecular complexity index is 499. The van der Waals surface area contributed by atoms with E-state index in [1.807, 2.05) is 6.07 Å². The molecule has 1 saturated carbocycles. The van der Waals surface area contributed by atoms with Gasteiger partial charge in [-0.05, 0) is 31.0 Å². The Hall–Kier alpha value is -1.26. The number of halogens is 1. The van der Waals surface area contributed by atoms with Crippen molar-refractivity contribution >= 4 is 23.2 Å². The van der Waals surface area contributed by atoms with Crippen LogP contribution in [0.25, 0.3) is 0 Å². The van der Waals surface area contributed by atoms with Gasteiger partial charge in [-0.25, -0.2) is 0 Å². The number of amides is 1. The lowest BCUT2D eigenvalue weighted by Crippen LogP contribution is -2.55. The molecule has 0 atom stereocenters. The third kappa shape index (κ3) is 2.91. The van der Waals surface area contributed by atoms with Crippen LogP contribution in [-0.4, -0.2) is 25.6 Å². The topological polar surface area (TPSA) is 55.6 Å². The summed E-state index contributed by atoms with van der Waals surface area (Å²) >= 11 is 6.10. The van der Waals surface area contributed by atoms with Crippen molar-refractivity contribution in [3.63, 3.8) is 0 Å². The molecule has 1 aliphatic rings. The molecule has 0 spiro atoms. The summed E-state index contributed by atoms with van der Waals surface area (Å²) in [6, 6.07) is 5.30. The maximum atomic E-state index is 12.6. The number of hydrogen-bond donors (Lipinski definition) is 1. The summed E-state index contributed by atoms with van der Waals surface area (Å²) in [7, 11) is 3.30. The zero-order valence-electron chi connectivity index (χ0n) is 12.0. The molecule has 0 radical (unpaired) electrons. The van der Waals surface area contributed by atoms with Gasteiger partial charge in [0, 0.05) is 12.7 Å². The third-order valence-corrected chi connectivity index (χ3v) is 4.29. The minimum Gasteiger partial charge on any atom is -0.495 e. The van der Waals surface area contributed by atoms with E-state index in [0.29, 0.717) is 10.8 Å². The van der Waals surface area contributed by atoms with Gasteiger partial charge in [-0.1, -0.05) is 30.9 Å². The standard InChI is InChI=1S/C15H21ClN2O2/c1-18(11-6-7-13(20-2)12(16)10-11)14(19)15(17)8-4-3-5-9-15/h6-7,10H,3-5,8-9,17H2,1-2H3. The second-order valence-corrected chi connectivity index (χ2v) is 5.81. The van der Waals surface area contributed by atoms with E-state index in [1.165, 1.54) is 0 Å². The fourth-order valence-corrected chi connectivity index (χ4v) is 2.96. The molecule has 20 heavy (non-hydrogen) atoms. The fourth-order valence-electron chi connectivity index (χ4n) is 2.71. The number of nitrogens with two attached hydrogens (primary N) is 1. The molecule has 0 aliphatic heterocycles. The molecule has 1 amide bonds. The number of hydrogen-bond acceptors (Lipinski definition) is 3. The molecule has 0 bridgehead atoms. The molecule has 2 rings (SSSR count). The van der Waals surface area contributed by atoms with Crippen molar-refractivity contribution in [2.45, 2.75) is 37.6 Å². The quantitative estimate of drug-likeness (QED) is 0.933. The molecule has 1 aromatic rings. The number of nitrogens with zero attached hydrogens (tertiary/aromatic N) is 1. The van der Waals surface area contributed by atoms with Crippen LogP contribution in [0.1, 0.15) is 32.1 Å². The van der Waals surface area contributed by atoms with Crippen molar-refractivity contribution in [1.29, 1.82) is 0 Å². The fraction of sp³-hybridized carbons (Fsp3) is 0.533. The predicted molar refractivity (Wildman–Crippen MR) is 81.4 cm³/mol. The number of carbonyl (C=O) groups is 1. The molecule has 2 N–H and O–H groups in total. The molecular formula is C15H21ClN2O2. The Kier molecular flexibility index (Phi) is 4.55. The summed E-state index contributed by atoms with van der Waals surface area (Å²) in [6.07, 6.45) is 4.68. The van der Waals surface area contributed by atoms with Gasteiger partial charge in [0.25, 0.3) is 0 Å². The number of anilines is 1. The van der Waals surface area contributed by atoms with Crippen LogP contribution in [0.3, 0.4) is 0 Å². The van der Waals surface area contributed by atoms with Crippen molar-refractivity contribution in [1.82, 2.24) is 0 Å². The molecule has 4 nitrogen and oxygen atoms in total. The van der Waals surface area contributed by atoms with Crippen LogP contribution in [0.5, 0.6) is 5.75 Å². The van der Waals surface area contributed by atoms with Gasteiger partial charge in [0.15, 0.2) is 0 Å². The van der Waals surface area contributed by atoms with E-state index in [-0.39, 0.29) is 5.91 Å². The van der Waals surface area contributed by atoms with E-state index in [9.17, 15) is 4.79 Å². The monoisotopic (exact) mass is 296 g/mol. The van der Waals surface area contributed by atoms with Gasteiger partial charge in [0.05, 0.1) is 17.7 Å². The second-order valence-electron chi connectivity index (χ2n) is 5.40. The highest BCUT2D eigenvalue weighted by molar-refractivity contribution is 6.32. The maximum Gasteiger partial charge on any atom is 0.246 e. The average molecular weight is 297 g/mol. The lowest BCUT2D eigenvalue weighted by Gasteiger charge is -2.35. The Labute approximate surface area is 124 Å². The molecule has 0 saturated heterocycles. The SMILES string of the molecule is COc1ccc(N(C)C(=O)C2(N)CCCCC2)cc1Cl. The first kappa shape index (κ1) is 15.1. The molecule has 5 heteroatoms. The van der Waals surface area contributed by atoms with Gasteiger partial charge in [0.2, 0.25) is 5.91 Å². The Morgan fingerprint density at radius 1 is 1.35 bits per heavy atom. The van der Waals surface area contributed by atoms with E-state index in [2.05, 4.69) is 0 Å². The summed E-state index contributed by atoms with van der Waals surface area (Å²) in [5.74, 6) is 0.551. The normalized spacial score (nSPS) is 17.6. The van der Waals surface area contributed by atoms with Gasteiger partial charge in [-0.2, -0.15) is 0 Å². The third-order valence-electron chi connectivity index (χ3n) is 4.00. The highest BCUT2D eigenvalue weighted by atomic mass is 35.5. The van der Waals surface area contributed by atoms with Crippen LogP contribution in [0, 0.1) is 0 Å². The van der Waals surface area contributed by atoms with Crippen molar-refractivity contribution in [3.8, 4) is 5.75 Å². The van der Waals surface area contributed by atoms with Crippen molar-refractivity contribution in [2.24, 2.45) is 5.73 Å². The molecule has 1 fully saturated rings. The van der Waals surface area contributed by atoms with Crippen molar-refractivity contribution < 1.29 is 9.53 Å². The van der Waals surface area contributed by atoms with Crippen molar-refractivity contribution in [2.75, 3.05) is 19.1 Å². The van der Waals surface area contributed by atoms with Crippen molar-refractivity contribution in [3.05, 3.63) is 23.2 Å². The van der Waals surface area contributed by atoms with Crippen LogP contribution in [-0.2, 0) is 4.79 Å². The minimum atomic E-state index is -0.737. The van der Waals surface area contributed by atoms with E-state index >= 15 is 0 Å². The molecule has 0 heterocycles. The van der Waals surface area contributed by atoms with E-state index in [1.54, 1.807) is 31.2 Å². The first-order valence-electron chi connectivity index (χ1n) is 6.88. The highest BCUT2D eigenvalue weighted by Gasteiger charge is 2.37. The van der Waals surface area contributed by atoms with Gasteiger partial charge in [-0.3, -0.25) is 4.79 Å². The number of carbonyl (C=O) groups excluding carboxylic acids is 1. The van der Waals surface area contributed by atoms with Gasteiger partial charge < -0.3 is 15.4 Å². The summed E-state index contributed by atoms with van der Waals surface area (Å²) in [5.41, 5.74) is 6.28. The number of ether oxygens (including phenoxy) is 1. The number of rotatable bonds is 3. The van der Waals surface area contributed by atoms with Gasteiger partial charge in [-0.15, -0.1) is 0 Å². The number of likely N-dealkylation sites (N-methyl/N-ethyl adjacent to an activating group) is 1. The number of benzene rings is 1. The molecule has 1 aromatic carbocycles. The Morgan fingerprint density at radius 2 is 2.00 bits per heavy atom. The maximum absolute atomic E-state index is 12.6. The summed E-state index contributed by atoms with van der Waals surface area (Å²) in [4.78, 5) is 14.2. The van der Waals surface area contributed by atoms with Gasteiger partial charge >= 0.3 is 0 Å². The Balaban J connectivity index is 2.19. The second kappa shape index (κ2) is 6.02. The Morgan fingerprint density at radius 3 is 2.55 bits per heavy atom. The first-order chi connectivity index (χ1) is 9.48. The van der Waals surface area contributed by atoms with E-state index in [0.717, 1.165) is 37.8 Å². The average Bonchev–Trinajstić information content (AvgIpc) is 2.46.